The third kappa shape index (κ3) is 3.02. The van der Waals surface area contributed by atoms with E-state index in [4.69, 9.17) is 9.72 Å². The van der Waals surface area contributed by atoms with Crippen LogP contribution in [0.3, 0.4) is 0 Å². The topological polar surface area (TPSA) is 105 Å². The molecule has 1 aliphatic carbocycles. The molecule has 5 aromatic rings. The van der Waals surface area contributed by atoms with Gasteiger partial charge in [0.2, 0.25) is 0 Å². The second-order valence-corrected chi connectivity index (χ2v) is 8.67. The summed E-state index contributed by atoms with van der Waals surface area (Å²) in [6.07, 6.45) is 1.93. The first-order valence-electron chi connectivity index (χ1n) is 11.1. The van der Waals surface area contributed by atoms with Gasteiger partial charge in [0, 0.05) is 18.3 Å². The number of H-pyrrole nitrogens is 2. The van der Waals surface area contributed by atoms with Crippen molar-refractivity contribution in [2.75, 3.05) is 14.2 Å². The minimum absolute atomic E-state index is 0.152. The summed E-state index contributed by atoms with van der Waals surface area (Å²) >= 11 is 0. The lowest BCUT2D eigenvalue weighted by Gasteiger charge is -2.19. The molecular formula is C26H23N5O3. The molecule has 8 heteroatoms. The Morgan fingerprint density at radius 1 is 1.03 bits per heavy atom. The van der Waals surface area contributed by atoms with Gasteiger partial charge in [-0.2, -0.15) is 0 Å². The van der Waals surface area contributed by atoms with Crippen LogP contribution in [-0.4, -0.2) is 39.6 Å². The second kappa shape index (κ2) is 7.34. The zero-order valence-electron chi connectivity index (χ0n) is 18.8. The van der Waals surface area contributed by atoms with Gasteiger partial charge in [-0.3, -0.25) is 9.36 Å². The van der Waals surface area contributed by atoms with Crippen molar-refractivity contribution in [3.8, 4) is 11.4 Å². The van der Waals surface area contributed by atoms with Gasteiger partial charge in [-0.25, -0.2) is 9.78 Å². The Morgan fingerprint density at radius 2 is 1.79 bits per heavy atom. The van der Waals surface area contributed by atoms with Crippen molar-refractivity contribution >= 4 is 28.0 Å². The summed E-state index contributed by atoms with van der Waals surface area (Å²) in [4.78, 5) is 34.8. The fourth-order valence-electron chi connectivity index (χ4n) is 4.78. The Balaban J connectivity index is 1.60. The van der Waals surface area contributed by atoms with Gasteiger partial charge in [-0.1, -0.05) is 12.1 Å². The van der Waals surface area contributed by atoms with Crippen LogP contribution in [0.2, 0.25) is 0 Å². The number of nitrogens with one attached hydrogen (secondary N) is 3. The van der Waals surface area contributed by atoms with Crippen LogP contribution < -0.4 is 15.7 Å². The van der Waals surface area contributed by atoms with E-state index >= 15 is 0 Å². The standard InChI is InChI=1S/C26H23N5O3/c1-27-23(32)15-3-10-22-21(13-15)28-24(26(11-12-26)16-4-7-18(34-2)8-5-16)31(22)17-6-9-19-20(14-17)30-25(33)29-19/h3-10,13-14H,11-12H2,1-2H3,(H,27,32)(H2,29,30,33). The number of ether oxygens (including phenoxy) is 1. The fourth-order valence-corrected chi connectivity index (χ4v) is 4.78. The molecule has 1 saturated carbocycles. The van der Waals surface area contributed by atoms with Gasteiger partial charge in [-0.15, -0.1) is 0 Å². The molecule has 2 heterocycles. The van der Waals surface area contributed by atoms with E-state index in [0.717, 1.165) is 52.2 Å². The number of benzene rings is 3. The normalized spacial score (nSPS) is 14.4. The Labute approximate surface area is 194 Å². The zero-order valence-corrected chi connectivity index (χ0v) is 18.8. The summed E-state index contributed by atoms with van der Waals surface area (Å²) in [6.45, 7) is 0. The number of hydrogen-bond donors (Lipinski definition) is 3. The maximum Gasteiger partial charge on any atom is 0.323 e. The number of nitrogens with zero attached hydrogens (tertiary/aromatic N) is 2. The minimum Gasteiger partial charge on any atom is -0.497 e. The second-order valence-electron chi connectivity index (χ2n) is 8.67. The zero-order chi connectivity index (χ0) is 23.4. The van der Waals surface area contributed by atoms with Gasteiger partial charge in [-0.05, 0) is 66.9 Å². The highest BCUT2D eigenvalue weighted by Crippen LogP contribution is 2.54. The lowest BCUT2D eigenvalue weighted by Crippen LogP contribution is -2.17. The van der Waals surface area contributed by atoms with Crippen molar-refractivity contribution in [3.63, 3.8) is 0 Å². The quantitative estimate of drug-likeness (QED) is 0.378. The van der Waals surface area contributed by atoms with Crippen LogP contribution in [0.4, 0.5) is 0 Å². The van der Waals surface area contributed by atoms with Crippen molar-refractivity contribution in [3.05, 3.63) is 88.1 Å². The van der Waals surface area contributed by atoms with E-state index < -0.39 is 0 Å². The molecule has 0 bridgehead atoms. The minimum atomic E-state index is -0.241. The van der Waals surface area contributed by atoms with Crippen LogP contribution in [0.15, 0.2) is 65.5 Å². The molecule has 170 valence electrons. The summed E-state index contributed by atoms with van der Waals surface area (Å²) < 4.78 is 7.49. The molecule has 2 aromatic heterocycles. The van der Waals surface area contributed by atoms with Crippen LogP contribution in [0.5, 0.6) is 5.75 Å². The average molecular weight is 454 g/mol. The summed E-state index contributed by atoms with van der Waals surface area (Å²) in [5.74, 6) is 1.57. The number of hydrogen-bond acceptors (Lipinski definition) is 4. The summed E-state index contributed by atoms with van der Waals surface area (Å²) in [5, 5.41) is 2.68. The number of imidazole rings is 2. The maximum atomic E-state index is 12.3. The van der Waals surface area contributed by atoms with E-state index in [0.29, 0.717) is 5.56 Å². The number of methoxy groups -OCH3 is 1. The number of aromatic amines is 2. The first-order valence-corrected chi connectivity index (χ1v) is 11.1. The first-order chi connectivity index (χ1) is 16.5. The van der Waals surface area contributed by atoms with Crippen LogP contribution >= 0.6 is 0 Å². The van der Waals surface area contributed by atoms with E-state index in [2.05, 4.69) is 32.0 Å². The molecule has 0 saturated heterocycles. The van der Waals surface area contributed by atoms with Crippen LogP contribution in [-0.2, 0) is 5.41 Å². The molecule has 6 rings (SSSR count). The van der Waals surface area contributed by atoms with E-state index in [9.17, 15) is 9.59 Å². The van der Waals surface area contributed by atoms with Crippen LogP contribution in [0, 0.1) is 0 Å². The highest BCUT2D eigenvalue weighted by atomic mass is 16.5. The smallest absolute Gasteiger partial charge is 0.323 e. The fraction of sp³-hybridized carbons (Fsp3) is 0.192. The van der Waals surface area contributed by atoms with Gasteiger partial charge in [0.15, 0.2) is 0 Å². The van der Waals surface area contributed by atoms with Crippen molar-refractivity contribution in [1.82, 2.24) is 24.8 Å². The Hall–Kier alpha value is -4.33. The number of carbonyl (C=O) groups excluding carboxylic acids is 1. The molecule has 3 aromatic carbocycles. The summed E-state index contributed by atoms with van der Waals surface area (Å²) in [6, 6.07) is 19.5. The van der Waals surface area contributed by atoms with Crippen molar-refractivity contribution in [2.24, 2.45) is 0 Å². The summed E-state index contributed by atoms with van der Waals surface area (Å²) in [5.41, 5.74) is 5.28. The Bertz CT molecular complexity index is 1620. The molecule has 1 fully saturated rings. The number of aromatic nitrogens is 4. The molecule has 3 N–H and O–H groups in total. The highest BCUT2D eigenvalue weighted by molar-refractivity contribution is 5.97. The molecular weight excluding hydrogens is 430 g/mol. The van der Waals surface area contributed by atoms with E-state index in [1.807, 2.05) is 48.5 Å². The largest absolute Gasteiger partial charge is 0.497 e. The molecule has 1 aliphatic rings. The monoisotopic (exact) mass is 453 g/mol. The maximum absolute atomic E-state index is 12.3. The Kier molecular flexibility index (Phi) is 4.38. The third-order valence-corrected chi connectivity index (χ3v) is 6.72. The van der Waals surface area contributed by atoms with Crippen LogP contribution in [0.1, 0.15) is 34.6 Å². The van der Waals surface area contributed by atoms with Crippen molar-refractivity contribution < 1.29 is 9.53 Å². The van der Waals surface area contributed by atoms with E-state index in [1.165, 1.54) is 5.56 Å². The highest BCUT2D eigenvalue weighted by Gasteiger charge is 2.50. The van der Waals surface area contributed by atoms with E-state index in [-0.39, 0.29) is 17.0 Å². The number of fused-ring (bicyclic) bond motifs is 2. The van der Waals surface area contributed by atoms with Gasteiger partial charge in [0.1, 0.15) is 11.6 Å². The molecule has 1 amide bonds. The lowest BCUT2D eigenvalue weighted by atomic mass is 9.94. The molecule has 0 unspecified atom stereocenters. The lowest BCUT2D eigenvalue weighted by molar-refractivity contribution is 0.0963. The van der Waals surface area contributed by atoms with Gasteiger partial charge >= 0.3 is 5.69 Å². The van der Waals surface area contributed by atoms with Crippen molar-refractivity contribution in [2.45, 2.75) is 18.3 Å². The summed E-state index contributed by atoms with van der Waals surface area (Å²) in [7, 11) is 3.28. The number of amides is 1. The predicted octanol–water partition coefficient (Wildman–Crippen LogP) is 3.64. The third-order valence-electron chi connectivity index (χ3n) is 6.72. The van der Waals surface area contributed by atoms with Crippen molar-refractivity contribution in [1.29, 1.82) is 0 Å². The molecule has 0 spiro atoms. The predicted molar refractivity (Wildman–Crippen MR) is 130 cm³/mol. The number of rotatable bonds is 5. The molecule has 0 atom stereocenters. The SMILES string of the molecule is CNC(=O)c1ccc2c(c1)nc(C1(c3ccc(OC)cc3)CC1)n2-c1ccc2[nH]c(=O)[nH]c2c1. The molecule has 34 heavy (non-hydrogen) atoms. The Morgan fingerprint density at radius 3 is 2.50 bits per heavy atom. The van der Waals surface area contributed by atoms with Gasteiger partial charge in [0.25, 0.3) is 5.91 Å². The van der Waals surface area contributed by atoms with Crippen LogP contribution in [0.25, 0.3) is 27.8 Å². The average Bonchev–Trinajstić information content (AvgIpc) is 3.45. The molecule has 8 nitrogen and oxygen atoms in total. The molecule has 0 radical (unpaired) electrons. The van der Waals surface area contributed by atoms with Gasteiger partial charge < -0.3 is 20.0 Å². The van der Waals surface area contributed by atoms with Gasteiger partial charge in [0.05, 0.1) is 34.6 Å². The first kappa shape index (κ1) is 20.3. The van der Waals surface area contributed by atoms with E-state index in [1.54, 1.807) is 14.2 Å². The molecule has 0 aliphatic heterocycles. The number of carbonyl (C=O) groups is 1.